The number of hydrogen-bond donors (Lipinski definition) is 1. The minimum atomic E-state index is -1.14. The molecule has 2 rings (SSSR count). The van der Waals surface area contributed by atoms with Gasteiger partial charge in [-0.15, -0.1) is 0 Å². The molecule has 106 valence electrons. The van der Waals surface area contributed by atoms with Gasteiger partial charge >= 0.3 is 0 Å². The molecule has 0 aliphatic carbocycles. The van der Waals surface area contributed by atoms with Gasteiger partial charge in [0, 0.05) is 6.54 Å². The fraction of sp³-hybridized carbons (Fsp3) is 0.625. The summed E-state index contributed by atoms with van der Waals surface area (Å²) in [5.74, 6) is 3.62. The van der Waals surface area contributed by atoms with E-state index in [0.29, 0.717) is 0 Å². The zero-order valence-corrected chi connectivity index (χ0v) is 14.4. The van der Waals surface area contributed by atoms with Crippen LogP contribution >= 0.6 is 11.8 Å². The van der Waals surface area contributed by atoms with Crippen LogP contribution in [0.25, 0.3) is 0 Å². The highest BCUT2D eigenvalue weighted by molar-refractivity contribution is 7.99. The average molecular weight is 294 g/mol. The first-order valence-corrected chi connectivity index (χ1v) is 12.1. The molecule has 1 fully saturated rings. The highest BCUT2D eigenvalue weighted by Gasteiger charge is 2.16. The van der Waals surface area contributed by atoms with Crippen LogP contribution in [0.3, 0.4) is 0 Å². The van der Waals surface area contributed by atoms with Crippen LogP contribution in [0.4, 0.5) is 0 Å². The Balaban J connectivity index is 1.76. The topological polar surface area (TPSA) is 12.0 Å². The zero-order chi connectivity index (χ0) is 13.7. The molecule has 0 spiro atoms. The van der Waals surface area contributed by atoms with Gasteiger partial charge in [-0.05, 0) is 42.4 Å². The van der Waals surface area contributed by atoms with Crippen molar-refractivity contribution in [3.8, 4) is 0 Å². The third kappa shape index (κ3) is 4.97. The maximum atomic E-state index is 3.63. The smallest absolute Gasteiger partial charge is 0.0775 e. The third-order valence-electron chi connectivity index (χ3n) is 3.92. The zero-order valence-electron chi connectivity index (χ0n) is 12.5. The number of nitrogens with one attached hydrogen (secondary N) is 1. The highest BCUT2D eigenvalue weighted by atomic mass is 32.2. The van der Waals surface area contributed by atoms with E-state index < -0.39 is 8.07 Å². The van der Waals surface area contributed by atoms with Crippen LogP contribution in [0.1, 0.15) is 18.4 Å². The van der Waals surface area contributed by atoms with Crippen LogP contribution in [0.5, 0.6) is 0 Å². The van der Waals surface area contributed by atoms with E-state index in [4.69, 9.17) is 0 Å². The van der Waals surface area contributed by atoms with Gasteiger partial charge in [0.25, 0.3) is 0 Å². The third-order valence-corrected chi connectivity index (χ3v) is 7.04. The quantitative estimate of drug-likeness (QED) is 0.834. The molecular formula is C16H27NSSi. The van der Waals surface area contributed by atoms with Gasteiger partial charge in [0.05, 0.1) is 8.07 Å². The lowest BCUT2D eigenvalue weighted by atomic mass is 10.0. The van der Waals surface area contributed by atoms with E-state index in [1.807, 2.05) is 0 Å². The number of hydrogen-bond acceptors (Lipinski definition) is 2. The first kappa shape index (κ1) is 15.1. The molecule has 1 aromatic rings. The molecule has 3 heteroatoms. The molecule has 1 N–H and O–H groups in total. The van der Waals surface area contributed by atoms with Crippen molar-refractivity contribution in [1.82, 2.24) is 5.32 Å². The lowest BCUT2D eigenvalue weighted by molar-refractivity contribution is 0.448. The Labute approximate surface area is 123 Å². The standard InChI is InChI=1S/C16H27NSSi/c1-19(2,3)16-6-4-14(5-7-16)12-17-13-15-8-10-18-11-9-15/h4-7,15,17H,8-13H2,1-3H3. The van der Waals surface area contributed by atoms with Crippen molar-refractivity contribution in [2.24, 2.45) is 5.92 Å². The normalized spacial score (nSPS) is 17.6. The molecule has 0 bridgehead atoms. The van der Waals surface area contributed by atoms with Gasteiger partial charge in [-0.1, -0.05) is 49.1 Å². The molecule has 0 saturated carbocycles. The molecule has 1 aromatic carbocycles. The molecule has 1 aliphatic heterocycles. The van der Waals surface area contributed by atoms with Crippen LogP contribution in [-0.2, 0) is 6.54 Å². The van der Waals surface area contributed by atoms with Crippen molar-refractivity contribution < 1.29 is 0 Å². The van der Waals surface area contributed by atoms with E-state index in [1.165, 1.54) is 36.5 Å². The van der Waals surface area contributed by atoms with E-state index >= 15 is 0 Å². The van der Waals surface area contributed by atoms with Gasteiger partial charge in [-0.2, -0.15) is 11.8 Å². The van der Waals surface area contributed by atoms with E-state index in [0.717, 1.165) is 12.5 Å². The van der Waals surface area contributed by atoms with Gasteiger partial charge in [0.2, 0.25) is 0 Å². The van der Waals surface area contributed by atoms with Crippen molar-refractivity contribution in [3.05, 3.63) is 29.8 Å². The van der Waals surface area contributed by atoms with Crippen molar-refractivity contribution in [2.45, 2.75) is 39.0 Å². The lowest BCUT2D eigenvalue weighted by Crippen LogP contribution is -2.37. The van der Waals surface area contributed by atoms with Crippen molar-refractivity contribution >= 4 is 25.0 Å². The largest absolute Gasteiger partial charge is 0.312 e. The van der Waals surface area contributed by atoms with Crippen molar-refractivity contribution in [1.29, 1.82) is 0 Å². The Kier molecular flexibility index (Phi) is 5.54. The number of rotatable bonds is 5. The SMILES string of the molecule is C[Si](C)(C)c1ccc(CNCC2CCSCC2)cc1. The van der Waals surface area contributed by atoms with E-state index in [1.54, 1.807) is 5.19 Å². The van der Waals surface area contributed by atoms with Crippen LogP contribution < -0.4 is 10.5 Å². The summed E-state index contributed by atoms with van der Waals surface area (Å²) in [5, 5.41) is 5.19. The summed E-state index contributed by atoms with van der Waals surface area (Å²) < 4.78 is 0. The second-order valence-corrected chi connectivity index (χ2v) is 12.9. The molecular weight excluding hydrogens is 266 g/mol. The van der Waals surface area contributed by atoms with E-state index in [2.05, 4.69) is 61.0 Å². The predicted molar refractivity (Wildman–Crippen MR) is 91.2 cm³/mol. The minimum absolute atomic E-state index is 0.905. The first-order chi connectivity index (χ1) is 9.05. The Morgan fingerprint density at radius 2 is 1.74 bits per heavy atom. The lowest BCUT2D eigenvalue weighted by Gasteiger charge is -2.21. The molecule has 1 nitrogen and oxygen atoms in total. The first-order valence-electron chi connectivity index (χ1n) is 7.43. The summed E-state index contributed by atoms with van der Waals surface area (Å²) in [6.45, 7) is 9.43. The van der Waals surface area contributed by atoms with E-state index in [9.17, 15) is 0 Å². The van der Waals surface area contributed by atoms with Crippen molar-refractivity contribution in [2.75, 3.05) is 18.1 Å². The second kappa shape index (κ2) is 6.96. The second-order valence-electron chi connectivity index (χ2n) is 6.63. The molecule has 0 unspecified atom stereocenters. The van der Waals surface area contributed by atoms with Crippen molar-refractivity contribution in [3.63, 3.8) is 0 Å². The van der Waals surface area contributed by atoms with Gasteiger partial charge < -0.3 is 5.32 Å². The summed E-state index contributed by atoms with van der Waals surface area (Å²) in [7, 11) is -1.14. The molecule has 0 aromatic heterocycles. The van der Waals surface area contributed by atoms with Gasteiger partial charge in [0.1, 0.15) is 0 Å². The summed E-state index contributed by atoms with van der Waals surface area (Å²) in [6.07, 6.45) is 2.79. The summed E-state index contributed by atoms with van der Waals surface area (Å²) >= 11 is 2.11. The molecule has 0 amide bonds. The Bertz CT molecular complexity index is 377. The Hall–Kier alpha value is -0.253. The molecule has 19 heavy (non-hydrogen) atoms. The van der Waals surface area contributed by atoms with Gasteiger partial charge in [-0.25, -0.2) is 0 Å². The van der Waals surface area contributed by atoms with Crippen LogP contribution in [-0.4, -0.2) is 26.1 Å². The summed E-state index contributed by atoms with van der Waals surface area (Å²) in [6, 6.07) is 9.27. The molecule has 0 atom stereocenters. The highest BCUT2D eigenvalue weighted by Crippen LogP contribution is 2.21. The fourth-order valence-electron chi connectivity index (χ4n) is 2.49. The van der Waals surface area contributed by atoms with Gasteiger partial charge in [0.15, 0.2) is 0 Å². The molecule has 1 aliphatic rings. The fourth-order valence-corrected chi connectivity index (χ4v) is 4.86. The van der Waals surface area contributed by atoms with E-state index in [-0.39, 0.29) is 0 Å². The van der Waals surface area contributed by atoms with Crippen LogP contribution in [0.2, 0.25) is 19.6 Å². The van der Waals surface area contributed by atoms with Crippen LogP contribution in [0.15, 0.2) is 24.3 Å². The monoisotopic (exact) mass is 293 g/mol. The van der Waals surface area contributed by atoms with Crippen LogP contribution in [0, 0.1) is 5.92 Å². The minimum Gasteiger partial charge on any atom is -0.312 e. The summed E-state index contributed by atoms with van der Waals surface area (Å²) in [5.41, 5.74) is 1.42. The maximum Gasteiger partial charge on any atom is 0.0775 e. The molecule has 1 saturated heterocycles. The van der Waals surface area contributed by atoms with Gasteiger partial charge in [-0.3, -0.25) is 0 Å². The predicted octanol–water partition coefficient (Wildman–Crippen LogP) is 3.46. The maximum absolute atomic E-state index is 3.63. The Morgan fingerprint density at radius 1 is 1.11 bits per heavy atom. The number of benzene rings is 1. The number of thioether (sulfide) groups is 1. The molecule has 0 radical (unpaired) electrons. The molecule has 1 heterocycles. The Morgan fingerprint density at radius 3 is 2.32 bits per heavy atom. The summed E-state index contributed by atoms with van der Waals surface area (Å²) in [4.78, 5) is 0. The average Bonchev–Trinajstić information content (AvgIpc) is 2.39.